The molecule has 0 aliphatic carbocycles. The summed E-state index contributed by atoms with van der Waals surface area (Å²) in [5.41, 5.74) is 0.647. The molecule has 9 heteroatoms. The lowest BCUT2D eigenvalue weighted by atomic mass is 10.3. The van der Waals surface area contributed by atoms with E-state index in [4.69, 9.17) is 16.3 Å². The normalized spacial score (nSPS) is 16.8. The summed E-state index contributed by atoms with van der Waals surface area (Å²) >= 11 is 6.13. The molecule has 0 bridgehead atoms. The van der Waals surface area contributed by atoms with Crippen LogP contribution in [0.15, 0.2) is 30.6 Å². The molecule has 1 aromatic heterocycles. The first-order valence-corrected chi connectivity index (χ1v) is 10.2. The number of hydrogen-bond donors (Lipinski definition) is 1. The van der Waals surface area contributed by atoms with Gasteiger partial charge in [-0.3, -0.25) is 0 Å². The molecule has 2 amide bonds. The van der Waals surface area contributed by atoms with Gasteiger partial charge >= 0.3 is 6.03 Å². The predicted octanol–water partition coefficient (Wildman–Crippen LogP) is 3.09. The summed E-state index contributed by atoms with van der Waals surface area (Å²) in [6.45, 7) is 4.82. The van der Waals surface area contributed by atoms with Gasteiger partial charge in [-0.25, -0.2) is 14.8 Å². The number of nitrogens with one attached hydrogen (secondary N) is 1. The maximum atomic E-state index is 12.6. The van der Waals surface area contributed by atoms with Gasteiger partial charge in [-0.15, -0.1) is 0 Å². The van der Waals surface area contributed by atoms with Gasteiger partial charge < -0.3 is 24.8 Å². The van der Waals surface area contributed by atoms with E-state index in [-0.39, 0.29) is 6.03 Å². The van der Waals surface area contributed by atoms with Crippen LogP contribution in [0.1, 0.15) is 12.8 Å². The summed E-state index contributed by atoms with van der Waals surface area (Å²) in [5.74, 6) is 2.49. The molecule has 8 nitrogen and oxygen atoms in total. The number of rotatable bonds is 4. The SMILES string of the molecule is COc1ccc(NC(=O)N2CCN(c3cc(N4CCCC4)ncn3)CC2)cc1Cl. The minimum Gasteiger partial charge on any atom is -0.495 e. The molecule has 0 radical (unpaired) electrons. The summed E-state index contributed by atoms with van der Waals surface area (Å²) in [6, 6.07) is 7.13. The van der Waals surface area contributed by atoms with Crippen molar-refractivity contribution in [2.75, 3.05) is 61.5 Å². The van der Waals surface area contributed by atoms with E-state index in [1.54, 1.807) is 36.5 Å². The number of ether oxygens (including phenoxy) is 1. The second-order valence-corrected chi connectivity index (χ2v) is 7.59. The molecule has 0 spiro atoms. The Morgan fingerprint density at radius 2 is 1.66 bits per heavy atom. The number of hydrogen-bond acceptors (Lipinski definition) is 6. The monoisotopic (exact) mass is 416 g/mol. The first kappa shape index (κ1) is 19.6. The minimum atomic E-state index is -0.133. The number of amides is 2. The van der Waals surface area contributed by atoms with Crippen LogP contribution in [0.25, 0.3) is 0 Å². The van der Waals surface area contributed by atoms with Gasteiger partial charge in [-0.2, -0.15) is 0 Å². The lowest BCUT2D eigenvalue weighted by molar-refractivity contribution is 0.208. The number of anilines is 3. The number of halogens is 1. The van der Waals surface area contributed by atoms with Crippen molar-refractivity contribution >= 4 is 35.0 Å². The molecular formula is C20H25ClN6O2. The van der Waals surface area contributed by atoms with E-state index >= 15 is 0 Å². The van der Waals surface area contributed by atoms with Crippen LogP contribution in [-0.2, 0) is 0 Å². The van der Waals surface area contributed by atoms with Crippen molar-refractivity contribution in [2.24, 2.45) is 0 Å². The summed E-state index contributed by atoms with van der Waals surface area (Å²) < 4.78 is 5.14. The van der Waals surface area contributed by atoms with Gasteiger partial charge in [0.2, 0.25) is 0 Å². The Kier molecular flexibility index (Phi) is 5.89. The number of carbonyl (C=O) groups is 1. The van der Waals surface area contributed by atoms with Crippen LogP contribution in [0.3, 0.4) is 0 Å². The van der Waals surface area contributed by atoms with E-state index in [9.17, 15) is 4.79 Å². The summed E-state index contributed by atoms with van der Waals surface area (Å²) in [6.07, 6.45) is 4.06. The largest absolute Gasteiger partial charge is 0.495 e. The standard InChI is InChI=1S/C20H25ClN6O2/c1-29-17-5-4-15(12-16(17)21)24-20(28)27-10-8-26(9-11-27)19-13-18(22-14-23-19)25-6-2-3-7-25/h4-5,12-14H,2-3,6-11H2,1H3,(H,24,28). The summed E-state index contributed by atoms with van der Waals surface area (Å²) in [7, 11) is 1.56. The van der Waals surface area contributed by atoms with Gasteiger partial charge in [-0.05, 0) is 31.0 Å². The highest BCUT2D eigenvalue weighted by molar-refractivity contribution is 6.32. The first-order chi connectivity index (χ1) is 14.1. The fraction of sp³-hybridized carbons (Fsp3) is 0.450. The average molecular weight is 417 g/mol. The lowest BCUT2D eigenvalue weighted by Crippen LogP contribution is -2.50. The highest BCUT2D eigenvalue weighted by Crippen LogP contribution is 2.27. The minimum absolute atomic E-state index is 0.133. The molecule has 4 rings (SSSR count). The molecule has 0 unspecified atom stereocenters. The summed E-state index contributed by atoms with van der Waals surface area (Å²) in [5, 5.41) is 3.37. The van der Waals surface area contributed by atoms with Crippen LogP contribution in [0.5, 0.6) is 5.75 Å². The smallest absolute Gasteiger partial charge is 0.321 e. The Hall–Kier alpha value is -2.74. The van der Waals surface area contributed by atoms with E-state index in [0.717, 1.165) is 37.8 Å². The lowest BCUT2D eigenvalue weighted by Gasteiger charge is -2.35. The molecule has 3 heterocycles. The molecule has 2 saturated heterocycles. The molecule has 2 fully saturated rings. The highest BCUT2D eigenvalue weighted by Gasteiger charge is 2.23. The Morgan fingerprint density at radius 1 is 1.00 bits per heavy atom. The zero-order chi connectivity index (χ0) is 20.2. The van der Waals surface area contributed by atoms with Crippen molar-refractivity contribution in [3.05, 3.63) is 35.6 Å². The van der Waals surface area contributed by atoms with Crippen molar-refractivity contribution in [3.63, 3.8) is 0 Å². The molecule has 0 atom stereocenters. The van der Waals surface area contributed by atoms with E-state index in [2.05, 4.69) is 31.2 Å². The van der Waals surface area contributed by atoms with Crippen molar-refractivity contribution in [2.45, 2.75) is 12.8 Å². The van der Waals surface area contributed by atoms with E-state index in [0.29, 0.717) is 29.5 Å². The maximum Gasteiger partial charge on any atom is 0.321 e. The fourth-order valence-electron chi connectivity index (χ4n) is 3.71. The van der Waals surface area contributed by atoms with Crippen LogP contribution in [0, 0.1) is 0 Å². The van der Waals surface area contributed by atoms with Crippen LogP contribution in [0.4, 0.5) is 22.1 Å². The molecule has 29 heavy (non-hydrogen) atoms. The van der Waals surface area contributed by atoms with Crippen molar-refractivity contribution in [1.82, 2.24) is 14.9 Å². The van der Waals surface area contributed by atoms with E-state index < -0.39 is 0 Å². The Balaban J connectivity index is 1.34. The van der Waals surface area contributed by atoms with Gasteiger partial charge in [0.15, 0.2) is 0 Å². The molecule has 154 valence electrons. The summed E-state index contributed by atoms with van der Waals surface area (Å²) in [4.78, 5) is 27.8. The first-order valence-electron chi connectivity index (χ1n) is 9.85. The van der Waals surface area contributed by atoms with Crippen LogP contribution < -0.4 is 19.9 Å². The van der Waals surface area contributed by atoms with Gasteiger partial charge in [0.25, 0.3) is 0 Å². The molecule has 2 aliphatic rings. The average Bonchev–Trinajstić information content (AvgIpc) is 3.29. The van der Waals surface area contributed by atoms with E-state index in [1.807, 2.05) is 0 Å². The zero-order valence-electron chi connectivity index (χ0n) is 16.5. The Morgan fingerprint density at radius 3 is 2.28 bits per heavy atom. The third-order valence-electron chi connectivity index (χ3n) is 5.36. The fourth-order valence-corrected chi connectivity index (χ4v) is 3.97. The molecule has 1 aromatic carbocycles. The quantitative estimate of drug-likeness (QED) is 0.825. The van der Waals surface area contributed by atoms with Gasteiger partial charge in [0, 0.05) is 51.0 Å². The van der Waals surface area contributed by atoms with E-state index in [1.165, 1.54) is 12.8 Å². The second-order valence-electron chi connectivity index (χ2n) is 7.18. The van der Waals surface area contributed by atoms with Gasteiger partial charge in [0.05, 0.1) is 12.1 Å². The topological polar surface area (TPSA) is 73.8 Å². The molecular weight excluding hydrogens is 392 g/mol. The molecule has 1 N–H and O–H groups in total. The third-order valence-corrected chi connectivity index (χ3v) is 5.66. The molecule has 0 saturated carbocycles. The maximum absolute atomic E-state index is 12.6. The van der Waals surface area contributed by atoms with Gasteiger partial charge in [0.1, 0.15) is 23.7 Å². The van der Waals surface area contributed by atoms with Crippen molar-refractivity contribution in [1.29, 1.82) is 0 Å². The number of piperazine rings is 1. The molecule has 2 aliphatic heterocycles. The number of benzene rings is 1. The van der Waals surface area contributed by atoms with Crippen LogP contribution in [-0.4, -0.2) is 67.3 Å². The van der Waals surface area contributed by atoms with Crippen LogP contribution in [0.2, 0.25) is 5.02 Å². The van der Waals surface area contributed by atoms with Crippen molar-refractivity contribution < 1.29 is 9.53 Å². The van der Waals surface area contributed by atoms with Crippen molar-refractivity contribution in [3.8, 4) is 5.75 Å². The Bertz CT molecular complexity index is 866. The number of methoxy groups -OCH3 is 1. The number of aromatic nitrogens is 2. The number of urea groups is 1. The third kappa shape index (κ3) is 4.48. The van der Waals surface area contributed by atoms with Gasteiger partial charge in [-0.1, -0.05) is 11.6 Å². The predicted molar refractivity (Wildman–Crippen MR) is 114 cm³/mol. The number of nitrogens with zero attached hydrogens (tertiary/aromatic N) is 5. The Labute approximate surface area is 175 Å². The van der Waals surface area contributed by atoms with Crippen LogP contribution >= 0.6 is 11.6 Å². The number of carbonyl (C=O) groups excluding carboxylic acids is 1. The zero-order valence-corrected chi connectivity index (χ0v) is 17.2. The molecule has 2 aromatic rings. The second kappa shape index (κ2) is 8.73. The highest BCUT2D eigenvalue weighted by atomic mass is 35.5.